The van der Waals surface area contributed by atoms with Crippen LogP contribution in [0.5, 0.6) is 5.75 Å². The van der Waals surface area contributed by atoms with Gasteiger partial charge in [-0.05, 0) is 0 Å². The minimum Gasteiger partial charge on any atom is -0.489 e. The number of ether oxygens (including phenoxy) is 2. The van der Waals surface area contributed by atoms with Gasteiger partial charge in [-0.3, -0.25) is 9.45 Å². The molecule has 11 heteroatoms. The zero-order valence-electron chi connectivity index (χ0n) is 14.3. The van der Waals surface area contributed by atoms with Crippen molar-refractivity contribution in [2.45, 2.75) is 18.6 Å². The molecule has 1 N–H and O–H groups in total. The molecule has 1 aromatic carbocycles. The Kier molecular flexibility index (Phi) is 4.85. The molecule has 2 atom stereocenters. The van der Waals surface area contributed by atoms with E-state index in [1.165, 1.54) is 11.0 Å². The van der Waals surface area contributed by atoms with E-state index < -0.39 is 39.9 Å². The summed E-state index contributed by atoms with van der Waals surface area (Å²) in [6.45, 7) is 1.59. The number of carbonyl (C=O) groups excluding carboxylic acids is 1. The van der Waals surface area contributed by atoms with Gasteiger partial charge in [-0.25, -0.2) is 9.18 Å². The van der Waals surface area contributed by atoms with Gasteiger partial charge in [0.05, 0.1) is 17.1 Å². The molecule has 0 saturated carbocycles. The summed E-state index contributed by atoms with van der Waals surface area (Å²) >= 11 is 1.82. The van der Waals surface area contributed by atoms with Crippen molar-refractivity contribution in [3.63, 3.8) is 0 Å². The molecule has 0 spiro atoms. The molecule has 2 saturated heterocycles. The number of anilines is 2. The van der Waals surface area contributed by atoms with Crippen molar-refractivity contribution in [3.8, 4) is 5.75 Å². The van der Waals surface area contributed by atoms with Gasteiger partial charge in [-0.15, -0.1) is 0 Å². The van der Waals surface area contributed by atoms with E-state index in [9.17, 15) is 17.6 Å². The molecule has 0 unspecified atom stereocenters. The summed E-state index contributed by atoms with van der Waals surface area (Å²) in [5.41, 5.74) is 0.723. The van der Waals surface area contributed by atoms with Crippen LogP contribution in [0, 0.1) is 5.82 Å². The van der Waals surface area contributed by atoms with Crippen molar-refractivity contribution in [2.75, 3.05) is 46.8 Å². The van der Waals surface area contributed by atoms with Gasteiger partial charge >= 0.3 is 6.09 Å². The highest BCUT2D eigenvalue weighted by atomic mass is 32.2. The molecule has 1 amide bonds. The first-order valence-corrected chi connectivity index (χ1v) is 11.3. The molecule has 27 heavy (non-hydrogen) atoms. The summed E-state index contributed by atoms with van der Waals surface area (Å²) in [6, 6.07) is 2.31. The molecular formula is C16H19FN2O6S2. The number of halogens is 1. The highest BCUT2D eigenvalue weighted by Crippen LogP contribution is 2.43. The Morgan fingerprint density at radius 3 is 2.70 bits per heavy atom. The Morgan fingerprint density at radius 1 is 1.26 bits per heavy atom. The van der Waals surface area contributed by atoms with Crippen LogP contribution in [0.3, 0.4) is 0 Å². The van der Waals surface area contributed by atoms with Gasteiger partial charge in [-0.2, -0.15) is 20.2 Å². The van der Waals surface area contributed by atoms with Crippen LogP contribution in [-0.4, -0.2) is 68.2 Å². The standard InChI is InChI=1S/C16H19FN2O6S2/c17-10-7-12-15(8-11(10)18-2-4-26-5-3-18)24-9-13-14(1-6-27(21,22)23)25-16(20)19(12)13/h7-8,13-14H,1-6,9H2,(H,21,22,23)/t13-,14+/m1/s1. The van der Waals surface area contributed by atoms with Crippen LogP contribution in [0.15, 0.2) is 12.1 Å². The fraction of sp³-hybridized carbons (Fsp3) is 0.562. The molecule has 3 aliphatic rings. The van der Waals surface area contributed by atoms with E-state index in [4.69, 9.17) is 14.0 Å². The van der Waals surface area contributed by atoms with Crippen LogP contribution < -0.4 is 14.5 Å². The maximum absolute atomic E-state index is 14.8. The van der Waals surface area contributed by atoms with Crippen molar-refractivity contribution in [3.05, 3.63) is 17.9 Å². The van der Waals surface area contributed by atoms with Gasteiger partial charge in [0.1, 0.15) is 30.3 Å². The lowest BCUT2D eigenvalue weighted by atomic mass is 10.1. The van der Waals surface area contributed by atoms with Crippen LogP contribution in [0.1, 0.15) is 6.42 Å². The summed E-state index contributed by atoms with van der Waals surface area (Å²) in [5, 5.41) is 0. The van der Waals surface area contributed by atoms with Crippen LogP contribution in [0.25, 0.3) is 0 Å². The smallest absolute Gasteiger partial charge is 0.415 e. The predicted molar refractivity (Wildman–Crippen MR) is 99.0 cm³/mol. The van der Waals surface area contributed by atoms with Crippen molar-refractivity contribution in [1.29, 1.82) is 0 Å². The summed E-state index contributed by atoms with van der Waals surface area (Å²) in [4.78, 5) is 15.6. The van der Waals surface area contributed by atoms with Crippen LogP contribution in [-0.2, 0) is 14.9 Å². The fourth-order valence-electron chi connectivity index (χ4n) is 3.60. The van der Waals surface area contributed by atoms with Gasteiger partial charge in [0.25, 0.3) is 10.1 Å². The number of hydrogen-bond donors (Lipinski definition) is 1. The third kappa shape index (κ3) is 3.67. The zero-order valence-corrected chi connectivity index (χ0v) is 16.0. The maximum atomic E-state index is 14.8. The topological polar surface area (TPSA) is 96.4 Å². The molecule has 0 radical (unpaired) electrons. The second-order valence-electron chi connectivity index (χ2n) is 6.62. The average Bonchev–Trinajstić information content (AvgIpc) is 2.96. The number of rotatable bonds is 4. The number of cyclic esters (lactones) is 1. The number of hydrogen-bond acceptors (Lipinski definition) is 7. The number of thioether (sulfide) groups is 1. The molecule has 3 aliphatic heterocycles. The van der Waals surface area contributed by atoms with E-state index in [0.717, 1.165) is 24.6 Å². The Labute approximate surface area is 160 Å². The Bertz CT molecular complexity index is 859. The van der Waals surface area contributed by atoms with Crippen molar-refractivity contribution in [1.82, 2.24) is 0 Å². The summed E-state index contributed by atoms with van der Waals surface area (Å²) in [7, 11) is -4.17. The Hall–Kier alpha value is -1.72. The maximum Gasteiger partial charge on any atom is 0.415 e. The molecule has 3 heterocycles. The van der Waals surface area contributed by atoms with Crippen molar-refractivity contribution < 1.29 is 31.6 Å². The van der Waals surface area contributed by atoms with Gasteiger partial charge in [0.15, 0.2) is 0 Å². The van der Waals surface area contributed by atoms with E-state index in [2.05, 4.69) is 0 Å². The van der Waals surface area contributed by atoms with Crippen molar-refractivity contribution >= 4 is 39.3 Å². The van der Waals surface area contributed by atoms with Gasteiger partial charge in [0, 0.05) is 43.1 Å². The normalized spacial score (nSPS) is 24.9. The summed E-state index contributed by atoms with van der Waals surface area (Å²) in [5.74, 6) is 1.27. The highest BCUT2D eigenvalue weighted by Gasteiger charge is 2.47. The minimum absolute atomic E-state index is 0.0591. The molecule has 4 rings (SSSR count). The van der Waals surface area contributed by atoms with Gasteiger partial charge in [0.2, 0.25) is 0 Å². The number of fused-ring (bicyclic) bond motifs is 3. The Morgan fingerprint density at radius 2 is 2.00 bits per heavy atom. The van der Waals surface area contributed by atoms with Crippen molar-refractivity contribution in [2.24, 2.45) is 0 Å². The quantitative estimate of drug-likeness (QED) is 0.739. The largest absolute Gasteiger partial charge is 0.489 e. The predicted octanol–water partition coefficient (Wildman–Crippen LogP) is 1.74. The molecule has 148 valence electrons. The summed E-state index contributed by atoms with van der Waals surface area (Å²) < 4.78 is 56.6. The second kappa shape index (κ2) is 7.02. The van der Waals surface area contributed by atoms with E-state index in [0.29, 0.717) is 11.4 Å². The van der Waals surface area contributed by atoms with Crippen LogP contribution in [0.4, 0.5) is 20.6 Å². The van der Waals surface area contributed by atoms with Gasteiger partial charge < -0.3 is 14.4 Å². The lowest BCUT2D eigenvalue weighted by Gasteiger charge is -2.34. The molecule has 0 aliphatic carbocycles. The first-order valence-electron chi connectivity index (χ1n) is 8.57. The number of carbonyl (C=O) groups is 1. The van der Waals surface area contributed by atoms with E-state index in [1.54, 1.807) is 6.07 Å². The lowest BCUT2D eigenvalue weighted by molar-refractivity contribution is 0.119. The van der Waals surface area contributed by atoms with E-state index in [-0.39, 0.29) is 18.7 Å². The number of benzene rings is 1. The zero-order chi connectivity index (χ0) is 19.2. The number of nitrogens with zero attached hydrogens (tertiary/aromatic N) is 2. The third-order valence-corrected chi connectivity index (χ3v) is 6.61. The van der Waals surface area contributed by atoms with E-state index >= 15 is 0 Å². The monoisotopic (exact) mass is 418 g/mol. The molecular weight excluding hydrogens is 399 g/mol. The Balaban J connectivity index is 1.59. The molecule has 2 fully saturated rings. The van der Waals surface area contributed by atoms with Crippen LogP contribution in [0.2, 0.25) is 0 Å². The summed E-state index contributed by atoms with van der Waals surface area (Å²) in [6.07, 6.45) is -1.49. The average molecular weight is 418 g/mol. The second-order valence-corrected chi connectivity index (χ2v) is 9.41. The minimum atomic E-state index is -4.17. The molecule has 0 bridgehead atoms. The molecule has 0 aromatic heterocycles. The molecule has 1 aromatic rings. The third-order valence-electron chi connectivity index (χ3n) is 4.92. The first kappa shape index (κ1) is 18.6. The highest BCUT2D eigenvalue weighted by molar-refractivity contribution is 7.99. The first-order chi connectivity index (χ1) is 12.8. The lowest BCUT2D eigenvalue weighted by Crippen LogP contribution is -2.45. The van der Waals surface area contributed by atoms with Crippen LogP contribution >= 0.6 is 11.8 Å². The fourth-order valence-corrected chi connectivity index (χ4v) is 5.03. The number of amides is 1. The van der Waals surface area contributed by atoms with Gasteiger partial charge in [-0.1, -0.05) is 0 Å². The molecule has 8 nitrogen and oxygen atoms in total. The SMILES string of the molecule is O=C1O[C@@H](CCS(=O)(=O)O)[C@H]2COc3cc(N4CCSCC4)c(F)cc3N12. The van der Waals surface area contributed by atoms with E-state index in [1.807, 2.05) is 16.7 Å².